The van der Waals surface area contributed by atoms with Gasteiger partial charge in [0.05, 0.1) is 5.69 Å². The fourth-order valence-corrected chi connectivity index (χ4v) is 3.02. The van der Waals surface area contributed by atoms with Crippen molar-refractivity contribution in [1.29, 1.82) is 0 Å². The first-order chi connectivity index (χ1) is 7.75. The van der Waals surface area contributed by atoms with E-state index in [0.29, 0.717) is 5.25 Å². The third kappa shape index (κ3) is 3.75. The van der Waals surface area contributed by atoms with Crippen molar-refractivity contribution < 1.29 is 4.42 Å². The molecule has 2 N–H and O–H groups in total. The van der Waals surface area contributed by atoms with Gasteiger partial charge in [0.2, 0.25) is 0 Å². The second-order valence-electron chi connectivity index (χ2n) is 5.60. The molecule has 2 unspecified atom stereocenters. The summed E-state index contributed by atoms with van der Waals surface area (Å²) in [7, 11) is 0. The van der Waals surface area contributed by atoms with Crippen LogP contribution in [-0.2, 0) is 0 Å². The summed E-state index contributed by atoms with van der Waals surface area (Å²) in [6.07, 6.45) is 0.966. The van der Waals surface area contributed by atoms with E-state index >= 15 is 0 Å². The van der Waals surface area contributed by atoms with Crippen LogP contribution in [-0.4, -0.2) is 16.3 Å². The van der Waals surface area contributed by atoms with E-state index in [4.69, 9.17) is 10.2 Å². The first-order valence-electron chi connectivity index (χ1n) is 6.12. The van der Waals surface area contributed by atoms with Gasteiger partial charge in [-0.15, -0.1) is 0 Å². The molecule has 0 aromatic carbocycles. The highest BCUT2D eigenvalue weighted by atomic mass is 32.2. The highest BCUT2D eigenvalue weighted by molar-refractivity contribution is 7.99. The summed E-state index contributed by atoms with van der Waals surface area (Å²) in [6.45, 7) is 12.7. The van der Waals surface area contributed by atoms with Crippen LogP contribution in [0.25, 0.3) is 0 Å². The summed E-state index contributed by atoms with van der Waals surface area (Å²) < 4.78 is 5.63. The third-order valence-corrected chi connectivity index (χ3v) is 4.64. The number of hydrogen-bond donors (Lipinski definition) is 1. The van der Waals surface area contributed by atoms with Gasteiger partial charge in [0, 0.05) is 11.3 Å². The summed E-state index contributed by atoms with van der Waals surface area (Å²) in [5, 5.41) is 1.05. The van der Waals surface area contributed by atoms with Crippen LogP contribution >= 0.6 is 11.8 Å². The number of oxazole rings is 1. The Hall–Kier alpha value is -0.480. The van der Waals surface area contributed by atoms with Gasteiger partial charge in [-0.05, 0) is 25.7 Å². The quantitative estimate of drug-likeness (QED) is 0.837. The van der Waals surface area contributed by atoms with E-state index in [1.165, 1.54) is 0 Å². The first-order valence-corrected chi connectivity index (χ1v) is 7.00. The monoisotopic (exact) mass is 256 g/mol. The van der Waals surface area contributed by atoms with E-state index in [0.717, 1.165) is 23.1 Å². The van der Waals surface area contributed by atoms with Crippen molar-refractivity contribution in [3.63, 3.8) is 0 Å². The molecule has 4 heteroatoms. The standard InChI is InChI=1S/C13H24N2OS/c1-7-10(14)11(13(4,5)6)17-12-15-8(2)9(3)16-12/h10-11H,7,14H2,1-6H3. The topological polar surface area (TPSA) is 52.0 Å². The number of nitrogens with two attached hydrogens (primary N) is 1. The third-order valence-electron chi connectivity index (χ3n) is 2.95. The van der Waals surface area contributed by atoms with E-state index in [1.807, 2.05) is 13.8 Å². The SMILES string of the molecule is CCC(N)C(Sc1nc(C)c(C)o1)C(C)(C)C. The van der Waals surface area contributed by atoms with Crippen LogP contribution in [0.5, 0.6) is 0 Å². The van der Waals surface area contributed by atoms with Gasteiger partial charge in [0.15, 0.2) is 0 Å². The lowest BCUT2D eigenvalue weighted by molar-refractivity contribution is 0.344. The molecule has 1 aromatic rings. The molecule has 0 saturated carbocycles. The minimum atomic E-state index is 0.135. The average Bonchev–Trinajstić information content (AvgIpc) is 2.52. The Morgan fingerprint density at radius 1 is 1.35 bits per heavy atom. The van der Waals surface area contributed by atoms with Crippen LogP contribution in [0, 0.1) is 19.3 Å². The highest BCUT2D eigenvalue weighted by Crippen LogP contribution is 2.37. The fraction of sp³-hybridized carbons (Fsp3) is 0.769. The van der Waals surface area contributed by atoms with Gasteiger partial charge >= 0.3 is 0 Å². The van der Waals surface area contributed by atoms with E-state index in [1.54, 1.807) is 11.8 Å². The Morgan fingerprint density at radius 3 is 2.29 bits per heavy atom. The lowest BCUT2D eigenvalue weighted by atomic mass is 9.87. The number of aryl methyl sites for hydroxylation is 2. The largest absolute Gasteiger partial charge is 0.437 e. The molecule has 0 aliphatic rings. The summed E-state index contributed by atoms with van der Waals surface area (Å²) in [6, 6.07) is 0.160. The Balaban J connectivity index is 2.87. The second-order valence-corrected chi connectivity index (χ2v) is 6.69. The van der Waals surface area contributed by atoms with Gasteiger partial charge in [-0.2, -0.15) is 0 Å². The van der Waals surface area contributed by atoms with Crippen molar-refractivity contribution >= 4 is 11.8 Å². The number of nitrogens with zero attached hydrogens (tertiary/aromatic N) is 1. The lowest BCUT2D eigenvalue weighted by Crippen LogP contribution is -2.40. The minimum absolute atomic E-state index is 0.135. The van der Waals surface area contributed by atoms with Crippen molar-refractivity contribution in [1.82, 2.24) is 4.98 Å². The lowest BCUT2D eigenvalue weighted by Gasteiger charge is -2.33. The van der Waals surface area contributed by atoms with Gasteiger partial charge in [0.25, 0.3) is 5.22 Å². The molecule has 0 aliphatic heterocycles. The molecule has 0 fully saturated rings. The molecular formula is C13H24N2OS. The van der Waals surface area contributed by atoms with E-state index in [-0.39, 0.29) is 11.5 Å². The van der Waals surface area contributed by atoms with Gasteiger partial charge in [-0.3, -0.25) is 0 Å². The molecule has 0 spiro atoms. The van der Waals surface area contributed by atoms with Crippen LogP contribution in [0.2, 0.25) is 0 Å². The molecule has 17 heavy (non-hydrogen) atoms. The molecule has 2 atom stereocenters. The number of thioether (sulfide) groups is 1. The second kappa shape index (κ2) is 5.44. The highest BCUT2D eigenvalue weighted by Gasteiger charge is 2.31. The molecule has 0 radical (unpaired) electrons. The van der Waals surface area contributed by atoms with E-state index < -0.39 is 0 Å². The predicted octanol–water partition coefficient (Wildman–Crippen LogP) is 3.54. The Labute approximate surface area is 109 Å². The Kier molecular flexibility index (Phi) is 4.67. The number of hydrogen-bond acceptors (Lipinski definition) is 4. The van der Waals surface area contributed by atoms with Crippen LogP contribution in [0.3, 0.4) is 0 Å². The normalized spacial score (nSPS) is 15.9. The van der Waals surface area contributed by atoms with Crippen molar-refractivity contribution in [2.45, 2.75) is 64.5 Å². The van der Waals surface area contributed by atoms with Crippen LogP contribution in [0.1, 0.15) is 45.6 Å². The van der Waals surface area contributed by atoms with Crippen LogP contribution in [0.4, 0.5) is 0 Å². The molecule has 0 aliphatic carbocycles. The van der Waals surface area contributed by atoms with Crippen molar-refractivity contribution in [2.75, 3.05) is 0 Å². The average molecular weight is 256 g/mol. The minimum Gasteiger partial charge on any atom is -0.437 e. The summed E-state index contributed by atoms with van der Waals surface area (Å²) >= 11 is 1.66. The van der Waals surface area contributed by atoms with Gasteiger partial charge in [-0.25, -0.2) is 4.98 Å². The van der Waals surface area contributed by atoms with E-state index in [9.17, 15) is 0 Å². The maximum absolute atomic E-state index is 6.21. The number of aromatic nitrogens is 1. The first kappa shape index (κ1) is 14.6. The molecule has 1 aromatic heterocycles. The van der Waals surface area contributed by atoms with Crippen LogP contribution < -0.4 is 5.73 Å². The predicted molar refractivity (Wildman–Crippen MR) is 73.3 cm³/mol. The zero-order chi connectivity index (χ0) is 13.2. The Bertz CT molecular complexity index is 348. The maximum Gasteiger partial charge on any atom is 0.256 e. The van der Waals surface area contributed by atoms with Gasteiger partial charge < -0.3 is 10.2 Å². The van der Waals surface area contributed by atoms with Crippen molar-refractivity contribution in [3.05, 3.63) is 11.5 Å². The maximum atomic E-state index is 6.21. The molecule has 3 nitrogen and oxygen atoms in total. The summed E-state index contributed by atoms with van der Waals surface area (Å²) in [5.74, 6) is 0.894. The Morgan fingerprint density at radius 2 is 1.94 bits per heavy atom. The molecule has 1 heterocycles. The van der Waals surface area contributed by atoms with Crippen molar-refractivity contribution in [3.8, 4) is 0 Å². The fourth-order valence-electron chi connectivity index (χ4n) is 1.72. The van der Waals surface area contributed by atoms with Gasteiger partial charge in [-0.1, -0.05) is 39.5 Å². The molecular weight excluding hydrogens is 232 g/mol. The summed E-state index contributed by atoms with van der Waals surface area (Å²) in [4.78, 5) is 4.42. The van der Waals surface area contributed by atoms with Gasteiger partial charge in [0.1, 0.15) is 5.76 Å². The van der Waals surface area contributed by atoms with Crippen LogP contribution in [0.15, 0.2) is 9.64 Å². The zero-order valence-corrected chi connectivity index (χ0v) is 12.5. The molecule has 0 amide bonds. The number of rotatable bonds is 4. The summed E-state index contributed by atoms with van der Waals surface area (Å²) in [5.41, 5.74) is 7.30. The molecule has 0 saturated heterocycles. The smallest absolute Gasteiger partial charge is 0.256 e. The zero-order valence-electron chi connectivity index (χ0n) is 11.7. The molecule has 0 bridgehead atoms. The van der Waals surface area contributed by atoms with Crippen molar-refractivity contribution in [2.24, 2.45) is 11.1 Å². The molecule has 1 rings (SSSR count). The van der Waals surface area contributed by atoms with E-state index in [2.05, 4.69) is 32.7 Å². The molecule has 98 valence electrons.